The molecule has 2 aromatic carbocycles. The van der Waals surface area contributed by atoms with Gasteiger partial charge in [0.2, 0.25) is 0 Å². The molecule has 1 N–H and O–H groups in total. The highest BCUT2D eigenvalue weighted by molar-refractivity contribution is 5.46. The third-order valence-corrected chi connectivity index (χ3v) is 3.85. The Morgan fingerprint density at radius 3 is 2.70 bits per heavy atom. The van der Waals surface area contributed by atoms with Crippen molar-refractivity contribution in [3.63, 3.8) is 0 Å². The van der Waals surface area contributed by atoms with Crippen molar-refractivity contribution in [2.75, 3.05) is 11.9 Å². The standard InChI is InChI=1S/C18H21NO/c1-3-14-5-7-16(8-6-14)19-12-17-11-15-10-13(2)4-9-18(15)20-17/h4-10,17,19H,3,11-12H2,1-2H3. The molecule has 2 aromatic rings. The summed E-state index contributed by atoms with van der Waals surface area (Å²) in [4.78, 5) is 0. The zero-order valence-electron chi connectivity index (χ0n) is 12.1. The summed E-state index contributed by atoms with van der Waals surface area (Å²) >= 11 is 0. The molecule has 0 bridgehead atoms. The van der Waals surface area contributed by atoms with E-state index in [1.54, 1.807) is 0 Å². The van der Waals surface area contributed by atoms with Crippen molar-refractivity contribution in [2.24, 2.45) is 0 Å². The lowest BCUT2D eigenvalue weighted by Gasteiger charge is -2.13. The Bertz CT molecular complexity index is 589. The van der Waals surface area contributed by atoms with Crippen LogP contribution in [-0.2, 0) is 12.8 Å². The van der Waals surface area contributed by atoms with Crippen LogP contribution in [0.15, 0.2) is 42.5 Å². The molecule has 3 rings (SSSR count). The average Bonchev–Trinajstić information content (AvgIpc) is 2.87. The van der Waals surface area contributed by atoms with Gasteiger partial charge in [0.15, 0.2) is 0 Å². The van der Waals surface area contributed by atoms with Gasteiger partial charge in [-0.2, -0.15) is 0 Å². The van der Waals surface area contributed by atoms with Crippen LogP contribution >= 0.6 is 0 Å². The summed E-state index contributed by atoms with van der Waals surface area (Å²) in [5.74, 6) is 1.05. The number of benzene rings is 2. The van der Waals surface area contributed by atoms with Gasteiger partial charge >= 0.3 is 0 Å². The molecule has 0 amide bonds. The lowest BCUT2D eigenvalue weighted by molar-refractivity contribution is 0.246. The molecular formula is C18H21NO. The third kappa shape index (κ3) is 2.79. The molecule has 1 aliphatic heterocycles. The number of hydrogen-bond acceptors (Lipinski definition) is 2. The van der Waals surface area contributed by atoms with E-state index in [4.69, 9.17) is 4.74 Å². The van der Waals surface area contributed by atoms with E-state index in [9.17, 15) is 0 Å². The minimum atomic E-state index is 0.234. The zero-order chi connectivity index (χ0) is 13.9. The molecule has 1 heterocycles. The molecule has 0 fully saturated rings. The summed E-state index contributed by atoms with van der Waals surface area (Å²) in [5, 5.41) is 3.46. The first-order valence-corrected chi connectivity index (χ1v) is 7.33. The fourth-order valence-corrected chi connectivity index (χ4v) is 2.65. The van der Waals surface area contributed by atoms with Crippen LogP contribution in [0.4, 0.5) is 5.69 Å². The molecule has 2 heteroatoms. The normalized spacial score (nSPS) is 16.6. The summed E-state index contributed by atoms with van der Waals surface area (Å²) < 4.78 is 5.97. The molecule has 0 saturated carbocycles. The summed E-state index contributed by atoms with van der Waals surface area (Å²) in [6.07, 6.45) is 2.32. The minimum Gasteiger partial charge on any atom is -0.488 e. The summed E-state index contributed by atoms with van der Waals surface area (Å²) in [6.45, 7) is 5.15. The van der Waals surface area contributed by atoms with Gasteiger partial charge in [0.1, 0.15) is 11.9 Å². The molecule has 20 heavy (non-hydrogen) atoms. The molecule has 1 unspecified atom stereocenters. The predicted octanol–water partition coefficient (Wildman–Crippen LogP) is 3.97. The van der Waals surface area contributed by atoms with Crippen LogP contribution < -0.4 is 10.1 Å². The molecule has 2 nitrogen and oxygen atoms in total. The second kappa shape index (κ2) is 5.58. The third-order valence-electron chi connectivity index (χ3n) is 3.85. The first-order valence-electron chi connectivity index (χ1n) is 7.33. The molecule has 0 aliphatic carbocycles. The monoisotopic (exact) mass is 267 g/mol. The van der Waals surface area contributed by atoms with Crippen molar-refractivity contribution in [1.82, 2.24) is 0 Å². The molecule has 0 radical (unpaired) electrons. The summed E-state index contributed by atoms with van der Waals surface area (Å²) in [6, 6.07) is 15.1. The molecule has 0 spiro atoms. The highest BCUT2D eigenvalue weighted by Gasteiger charge is 2.22. The van der Waals surface area contributed by atoms with Gasteiger partial charge in [0.25, 0.3) is 0 Å². The quantitative estimate of drug-likeness (QED) is 0.905. The Balaban J connectivity index is 1.58. The lowest BCUT2D eigenvalue weighted by atomic mass is 10.1. The van der Waals surface area contributed by atoms with E-state index in [2.05, 4.69) is 61.6 Å². The number of nitrogens with one attached hydrogen (secondary N) is 1. The van der Waals surface area contributed by atoms with E-state index in [-0.39, 0.29) is 6.10 Å². The number of fused-ring (bicyclic) bond motifs is 1. The minimum absolute atomic E-state index is 0.234. The summed E-state index contributed by atoms with van der Waals surface area (Å²) in [7, 11) is 0. The van der Waals surface area contributed by atoms with E-state index in [0.717, 1.165) is 30.8 Å². The van der Waals surface area contributed by atoms with Crippen molar-refractivity contribution in [3.8, 4) is 5.75 Å². The Morgan fingerprint density at radius 2 is 1.95 bits per heavy atom. The zero-order valence-corrected chi connectivity index (χ0v) is 12.1. The van der Waals surface area contributed by atoms with Crippen LogP contribution in [0.2, 0.25) is 0 Å². The van der Waals surface area contributed by atoms with E-state index in [1.807, 2.05) is 0 Å². The molecule has 1 atom stereocenters. The van der Waals surface area contributed by atoms with E-state index >= 15 is 0 Å². The fourth-order valence-electron chi connectivity index (χ4n) is 2.65. The highest BCUT2D eigenvalue weighted by Crippen LogP contribution is 2.29. The maximum Gasteiger partial charge on any atom is 0.123 e. The first kappa shape index (κ1) is 13.0. The fraction of sp³-hybridized carbons (Fsp3) is 0.333. The maximum atomic E-state index is 5.97. The van der Waals surface area contributed by atoms with E-state index in [0.29, 0.717) is 0 Å². The van der Waals surface area contributed by atoms with Gasteiger partial charge in [-0.3, -0.25) is 0 Å². The SMILES string of the molecule is CCc1ccc(NCC2Cc3cc(C)ccc3O2)cc1. The number of anilines is 1. The molecule has 0 saturated heterocycles. The van der Waals surface area contributed by atoms with Crippen LogP contribution in [0.25, 0.3) is 0 Å². The van der Waals surface area contributed by atoms with Crippen molar-refractivity contribution in [2.45, 2.75) is 32.8 Å². The number of hydrogen-bond donors (Lipinski definition) is 1. The molecule has 1 aliphatic rings. The Hall–Kier alpha value is -1.96. The molecule has 104 valence electrons. The van der Waals surface area contributed by atoms with Crippen LogP contribution in [0, 0.1) is 6.92 Å². The van der Waals surface area contributed by atoms with Gasteiger partial charge in [0.05, 0.1) is 6.54 Å². The van der Waals surface area contributed by atoms with Crippen molar-refractivity contribution >= 4 is 5.69 Å². The van der Waals surface area contributed by atoms with Crippen LogP contribution in [0.1, 0.15) is 23.6 Å². The predicted molar refractivity (Wildman–Crippen MR) is 83.6 cm³/mol. The highest BCUT2D eigenvalue weighted by atomic mass is 16.5. The Morgan fingerprint density at radius 1 is 1.15 bits per heavy atom. The second-order valence-corrected chi connectivity index (χ2v) is 5.49. The first-order chi connectivity index (χ1) is 9.74. The van der Waals surface area contributed by atoms with Gasteiger partial charge in [-0.25, -0.2) is 0 Å². The van der Waals surface area contributed by atoms with Gasteiger partial charge in [-0.15, -0.1) is 0 Å². The second-order valence-electron chi connectivity index (χ2n) is 5.49. The lowest BCUT2D eigenvalue weighted by Crippen LogP contribution is -2.23. The topological polar surface area (TPSA) is 21.3 Å². The average molecular weight is 267 g/mol. The van der Waals surface area contributed by atoms with Crippen molar-refractivity contribution < 1.29 is 4.74 Å². The van der Waals surface area contributed by atoms with Gasteiger partial charge < -0.3 is 10.1 Å². The van der Waals surface area contributed by atoms with Crippen LogP contribution in [0.5, 0.6) is 5.75 Å². The maximum absolute atomic E-state index is 5.97. The van der Waals surface area contributed by atoms with Crippen molar-refractivity contribution in [3.05, 3.63) is 59.2 Å². The number of rotatable bonds is 4. The Kier molecular flexibility index (Phi) is 3.64. The largest absolute Gasteiger partial charge is 0.488 e. The Labute approximate surface area is 120 Å². The molecular weight excluding hydrogens is 246 g/mol. The number of aryl methyl sites for hydroxylation is 2. The van der Waals surface area contributed by atoms with Gasteiger partial charge in [0, 0.05) is 12.1 Å². The van der Waals surface area contributed by atoms with Crippen LogP contribution in [0.3, 0.4) is 0 Å². The smallest absolute Gasteiger partial charge is 0.123 e. The number of ether oxygens (including phenoxy) is 1. The van der Waals surface area contributed by atoms with Crippen LogP contribution in [-0.4, -0.2) is 12.6 Å². The summed E-state index contributed by atoms with van der Waals surface area (Å²) in [5.41, 5.74) is 5.17. The van der Waals surface area contributed by atoms with Gasteiger partial charge in [-0.1, -0.05) is 36.8 Å². The molecule has 0 aromatic heterocycles. The van der Waals surface area contributed by atoms with E-state index < -0.39 is 0 Å². The van der Waals surface area contributed by atoms with Crippen molar-refractivity contribution in [1.29, 1.82) is 0 Å². The van der Waals surface area contributed by atoms with Gasteiger partial charge in [-0.05, 0) is 42.7 Å². The van der Waals surface area contributed by atoms with E-state index in [1.165, 1.54) is 16.7 Å².